The second kappa shape index (κ2) is 6.13. The van der Waals surface area contributed by atoms with E-state index in [-0.39, 0.29) is 34.7 Å². The minimum absolute atomic E-state index is 0. The molecule has 1 amide bonds. The van der Waals surface area contributed by atoms with Crippen LogP contribution in [0.1, 0.15) is 0 Å². The molecule has 2 N–H and O–H groups in total. The van der Waals surface area contributed by atoms with E-state index in [0.717, 1.165) is 11.3 Å². The number of rotatable bonds is 3. The van der Waals surface area contributed by atoms with Gasteiger partial charge in [0.1, 0.15) is 0 Å². The van der Waals surface area contributed by atoms with Gasteiger partial charge in [0.25, 0.3) is 10.1 Å². The van der Waals surface area contributed by atoms with Crippen LogP contribution in [0.15, 0.2) is 4.34 Å². The quantitative estimate of drug-likeness (QED) is 0.283. The van der Waals surface area contributed by atoms with Crippen molar-refractivity contribution >= 4 is 74.7 Å². The maximum atomic E-state index is 10.9. The summed E-state index contributed by atoms with van der Waals surface area (Å²) in [4.78, 5) is 10.9. The number of carbonyl (C=O) groups is 1. The summed E-state index contributed by atoms with van der Waals surface area (Å²) in [5.41, 5.74) is 0. The van der Waals surface area contributed by atoms with Crippen molar-refractivity contribution in [1.29, 1.82) is 0 Å². The van der Waals surface area contributed by atoms with Gasteiger partial charge >= 0.3 is 29.6 Å². The molecule has 11 heteroatoms. The fraction of sp³-hybridized carbons (Fsp3) is 0.250. The first-order valence-corrected chi connectivity index (χ1v) is 6.01. The van der Waals surface area contributed by atoms with E-state index in [1.54, 1.807) is 0 Å². The number of hydrogen-bond donors (Lipinski definition) is 3. The first kappa shape index (κ1) is 15.3. The Morgan fingerprint density at radius 1 is 1.53 bits per heavy atom. The molecular formula is C4H6N3NaO4S3. The summed E-state index contributed by atoms with van der Waals surface area (Å²) in [6.45, 7) is 0. The van der Waals surface area contributed by atoms with E-state index in [4.69, 9.17) is 4.55 Å². The summed E-state index contributed by atoms with van der Waals surface area (Å²) in [6.07, 6.45) is 0. The van der Waals surface area contributed by atoms with Crippen LogP contribution in [0, 0.1) is 0 Å². The van der Waals surface area contributed by atoms with Gasteiger partial charge < -0.3 is 0 Å². The Hall–Kier alpha value is 0.290. The van der Waals surface area contributed by atoms with Crippen molar-refractivity contribution in [2.24, 2.45) is 0 Å². The van der Waals surface area contributed by atoms with Gasteiger partial charge in [0.15, 0.2) is 10.1 Å². The monoisotopic (exact) mass is 279 g/mol. The Morgan fingerprint density at radius 2 is 2.13 bits per heavy atom. The van der Waals surface area contributed by atoms with Crippen molar-refractivity contribution in [3.05, 3.63) is 0 Å². The predicted octanol–water partition coefficient (Wildman–Crippen LogP) is -0.995. The molecule has 0 spiro atoms. The Labute approximate surface area is 117 Å². The van der Waals surface area contributed by atoms with Gasteiger partial charge in [-0.15, -0.1) is 22.8 Å². The summed E-state index contributed by atoms with van der Waals surface area (Å²) < 4.78 is 29.2. The van der Waals surface area contributed by atoms with E-state index in [1.165, 1.54) is 0 Å². The van der Waals surface area contributed by atoms with Gasteiger partial charge in [0, 0.05) is 0 Å². The normalized spacial score (nSPS) is 10.5. The van der Waals surface area contributed by atoms with Crippen molar-refractivity contribution in [3.8, 4) is 0 Å². The van der Waals surface area contributed by atoms with Gasteiger partial charge in [0.2, 0.25) is 11.0 Å². The molecule has 1 heterocycles. The van der Waals surface area contributed by atoms with E-state index in [2.05, 4.69) is 28.1 Å². The molecular weight excluding hydrogens is 273 g/mol. The Balaban J connectivity index is 0.00000196. The fourth-order valence-electron chi connectivity index (χ4n) is 0.587. The minimum atomic E-state index is -4.31. The summed E-state index contributed by atoms with van der Waals surface area (Å²) >= 11 is 4.82. The molecule has 0 aromatic carbocycles. The van der Waals surface area contributed by atoms with E-state index >= 15 is 0 Å². The van der Waals surface area contributed by atoms with Crippen molar-refractivity contribution in [2.75, 3.05) is 11.1 Å². The van der Waals surface area contributed by atoms with Crippen molar-refractivity contribution in [1.82, 2.24) is 10.2 Å². The van der Waals surface area contributed by atoms with Gasteiger partial charge in [-0.3, -0.25) is 14.7 Å². The zero-order valence-electron chi connectivity index (χ0n) is 6.54. The van der Waals surface area contributed by atoms with Crippen LogP contribution in [-0.2, 0) is 14.9 Å². The number of anilines is 1. The topological polar surface area (TPSA) is 109 Å². The van der Waals surface area contributed by atoms with Crippen LogP contribution in [0.2, 0.25) is 0 Å². The van der Waals surface area contributed by atoms with Gasteiger partial charge in [-0.1, -0.05) is 11.3 Å². The molecule has 0 saturated carbocycles. The van der Waals surface area contributed by atoms with Gasteiger partial charge in [-0.25, -0.2) is 0 Å². The molecule has 15 heavy (non-hydrogen) atoms. The van der Waals surface area contributed by atoms with Crippen LogP contribution in [0.3, 0.4) is 0 Å². The molecule has 1 aromatic rings. The van der Waals surface area contributed by atoms with E-state index in [1.807, 2.05) is 0 Å². The first-order valence-electron chi connectivity index (χ1n) is 3.14. The second-order valence-electron chi connectivity index (χ2n) is 2.16. The number of aromatic nitrogens is 2. The van der Waals surface area contributed by atoms with Crippen molar-refractivity contribution in [3.63, 3.8) is 0 Å². The molecule has 80 valence electrons. The van der Waals surface area contributed by atoms with E-state index in [0.29, 0.717) is 4.34 Å². The number of nitrogens with one attached hydrogen (secondary N) is 1. The third kappa shape index (κ3) is 6.45. The third-order valence-electron chi connectivity index (χ3n) is 0.974. The maximum absolute atomic E-state index is 10.9. The molecule has 1 rings (SSSR count). The van der Waals surface area contributed by atoms with E-state index in [9.17, 15) is 13.2 Å². The Bertz CT molecular complexity index is 444. The van der Waals surface area contributed by atoms with Crippen LogP contribution < -0.4 is 5.32 Å². The Morgan fingerprint density at radius 3 is 2.53 bits per heavy atom. The van der Waals surface area contributed by atoms with Crippen LogP contribution in [0.4, 0.5) is 5.13 Å². The average Bonchev–Trinajstić information content (AvgIpc) is 2.30. The SMILES string of the molecule is O=C(CS(=O)(=O)O)Nc1nnc(S)s1.[NaH]. The molecule has 0 radical (unpaired) electrons. The number of hydrogen-bond acceptors (Lipinski definition) is 7. The molecule has 0 fully saturated rings. The molecule has 0 saturated heterocycles. The van der Waals surface area contributed by atoms with Crippen LogP contribution in [0.5, 0.6) is 0 Å². The summed E-state index contributed by atoms with van der Waals surface area (Å²) in [6, 6.07) is 0. The van der Waals surface area contributed by atoms with Crippen LogP contribution in [-0.4, -0.2) is 64.4 Å². The van der Waals surface area contributed by atoms with Gasteiger partial charge in [0.05, 0.1) is 0 Å². The zero-order valence-corrected chi connectivity index (χ0v) is 9.06. The molecule has 0 aliphatic rings. The molecule has 0 atom stereocenters. The van der Waals surface area contributed by atoms with Gasteiger partial charge in [-0.05, 0) is 0 Å². The molecule has 0 aliphatic heterocycles. The average molecular weight is 279 g/mol. The number of amides is 1. The van der Waals surface area contributed by atoms with Crippen molar-refractivity contribution in [2.45, 2.75) is 4.34 Å². The standard InChI is InChI=1S/C4H5N3O4S3.Na.H/c8-2(1-14(9,10)11)5-3-6-7-4(12)13-3;;/h1H2,(H,7,12)(H,5,6,8)(H,9,10,11);;. The molecule has 0 unspecified atom stereocenters. The predicted molar refractivity (Wildman–Crippen MR) is 59.4 cm³/mol. The van der Waals surface area contributed by atoms with Gasteiger partial charge in [-0.2, -0.15) is 8.42 Å². The second-order valence-corrected chi connectivity index (χ2v) is 5.32. The van der Waals surface area contributed by atoms with Crippen LogP contribution >= 0.6 is 24.0 Å². The number of nitrogens with zero attached hydrogens (tertiary/aromatic N) is 2. The third-order valence-corrected chi connectivity index (χ3v) is 2.61. The summed E-state index contributed by atoms with van der Waals surface area (Å²) in [7, 11) is -4.31. The molecule has 0 bridgehead atoms. The molecule has 1 aromatic heterocycles. The van der Waals surface area contributed by atoms with E-state index < -0.39 is 21.8 Å². The number of thiol groups is 1. The Kier molecular flexibility index (Phi) is 6.25. The first-order chi connectivity index (χ1) is 6.37. The summed E-state index contributed by atoms with van der Waals surface area (Å²) in [5.74, 6) is -1.88. The van der Waals surface area contributed by atoms with Crippen molar-refractivity contribution < 1.29 is 17.8 Å². The summed E-state index contributed by atoms with van der Waals surface area (Å²) in [5, 5.41) is 9.21. The van der Waals surface area contributed by atoms with Crippen LogP contribution in [0.25, 0.3) is 0 Å². The number of carbonyl (C=O) groups excluding carboxylic acids is 1. The molecule has 7 nitrogen and oxygen atoms in total. The molecule has 0 aliphatic carbocycles. The zero-order chi connectivity index (χ0) is 10.8. The fourth-order valence-corrected chi connectivity index (χ4v) is 1.80.